The third kappa shape index (κ3) is 2.76. The van der Waals surface area contributed by atoms with Crippen molar-refractivity contribution in [3.05, 3.63) is 24.3 Å². The monoisotopic (exact) mass is 249 g/mol. The number of hydrogen-bond acceptors (Lipinski definition) is 4. The van der Waals surface area contributed by atoms with E-state index < -0.39 is 0 Å². The molecule has 1 aromatic rings. The number of ether oxygens (including phenoxy) is 1. The molecule has 1 saturated heterocycles. The lowest BCUT2D eigenvalue weighted by Crippen LogP contribution is -2.53. The highest BCUT2D eigenvalue weighted by atomic mass is 16.5. The summed E-state index contributed by atoms with van der Waals surface area (Å²) >= 11 is 0. The average Bonchev–Trinajstić information content (AvgIpc) is 2.41. The smallest absolute Gasteiger partial charge is 0.142 e. The van der Waals surface area contributed by atoms with Gasteiger partial charge in [-0.1, -0.05) is 12.1 Å². The second-order valence-corrected chi connectivity index (χ2v) is 4.79. The van der Waals surface area contributed by atoms with Crippen LogP contribution in [0.3, 0.4) is 0 Å². The molecule has 0 radical (unpaired) electrons. The standard InChI is InChI=1S/C14H23N3O/c1-12-11-17(10-9-16(12)8-7-15)13-5-3-4-6-14(13)18-2/h3-6,12H,7-11,15H2,1-2H3. The number of benzene rings is 1. The average molecular weight is 249 g/mol. The fourth-order valence-electron chi connectivity index (χ4n) is 2.60. The minimum atomic E-state index is 0.534. The third-order valence-corrected chi connectivity index (χ3v) is 3.61. The molecule has 0 amide bonds. The molecule has 2 N–H and O–H groups in total. The van der Waals surface area contributed by atoms with Gasteiger partial charge in [0.15, 0.2) is 0 Å². The van der Waals surface area contributed by atoms with Gasteiger partial charge in [-0.25, -0.2) is 0 Å². The van der Waals surface area contributed by atoms with Gasteiger partial charge in [0.2, 0.25) is 0 Å². The summed E-state index contributed by atoms with van der Waals surface area (Å²) in [5.41, 5.74) is 6.83. The maximum absolute atomic E-state index is 5.64. The highest BCUT2D eigenvalue weighted by molar-refractivity contribution is 5.58. The molecule has 1 aliphatic heterocycles. The molecule has 1 unspecified atom stereocenters. The predicted molar refractivity (Wildman–Crippen MR) is 75.3 cm³/mol. The van der Waals surface area contributed by atoms with E-state index in [1.807, 2.05) is 12.1 Å². The van der Waals surface area contributed by atoms with Crippen molar-refractivity contribution in [3.8, 4) is 5.75 Å². The molecule has 0 bridgehead atoms. The molecule has 1 aromatic carbocycles. The molecule has 18 heavy (non-hydrogen) atoms. The SMILES string of the molecule is COc1ccccc1N1CCN(CCN)C(C)C1. The van der Waals surface area contributed by atoms with Crippen LogP contribution in [0.2, 0.25) is 0 Å². The first-order valence-corrected chi connectivity index (χ1v) is 6.58. The van der Waals surface area contributed by atoms with Gasteiger partial charge in [-0.2, -0.15) is 0 Å². The number of piperazine rings is 1. The number of para-hydroxylation sites is 2. The zero-order chi connectivity index (χ0) is 13.0. The van der Waals surface area contributed by atoms with Crippen LogP contribution in [0, 0.1) is 0 Å². The summed E-state index contributed by atoms with van der Waals surface area (Å²) in [5.74, 6) is 0.956. The summed E-state index contributed by atoms with van der Waals surface area (Å²) in [6.07, 6.45) is 0. The maximum atomic E-state index is 5.64. The van der Waals surface area contributed by atoms with Crippen LogP contribution in [-0.2, 0) is 0 Å². The Morgan fingerprint density at radius 3 is 2.78 bits per heavy atom. The van der Waals surface area contributed by atoms with Crippen LogP contribution < -0.4 is 15.4 Å². The molecular formula is C14H23N3O. The van der Waals surface area contributed by atoms with E-state index in [0.717, 1.165) is 38.5 Å². The Labute approximate surface area is 109 Å². The topological polar surface area (TPSA) is 41.7 Å². The van der Waals surface area contributed by atoms with E-state index in [0.29, 0.717) is 6.04 Å². The van der Waals surface area contributed by atoms with Crippen molar-refractivity contribution in [3.63, 3.8) is 0 Å². The van der Waals surface area contributed by atoms with Crippen LogP contribution in [0.4, 0.5) is 5.69 Å². The van der Waals surface area contributed by atoms with Gasteiger partial charge in [0, 0.05) is 38.8 Å². The van der Waals surface area contributed by atoms with Gasteiger partial charge < -0.3 is 15.4 Å². The van der Waals surface area contributed by atoms with Crippen LogP contribution >= 0.6 is 0 Å². The molecule has 100 valence electrons. The largest absolute Gasteiger partial charge is 0.495 e. The lowest BCUT2D eigenvalue weighted by atomic mass is 10.1. The highest BCUT2D eigenvalue weighted by Crippen LogP contribution is 2.29. The second-order valence-electron chi connectivity index (χ2n) is 4.79. The van der Waals surface area contributed by atoms with Crippen LogP contribution in [0.25, 0.3) is 0 Å². The number of methoxy groups -OCH3 is 1. The zero-order valence-corrected chi connectivity index (χ0v) is 11.3. The maximum Gasteiger partial charge on any atom is 0.142 e. The molecule has 4 heteroatoms. The van der Waals surface area contributed by atoms with Gasteiger partial charge in [0.25, 0.3) is 0 Å². The molecule has 1 aliphatic rings. The van der Waals surface area contributed by atoms with Crippen molar-refractivity contribution in [2.45, 2.75) is 13.0 Å². The van der Waals surface area contributed by atoms with Crippen molar-refractivity contribution in [1.82, 2.24) is 4.90 Å². The van der Waals surface area contributed by atoms with Crippen molar-refractivity contribution >= 4 is 5.69 Å². The minimum absolute atomic E-state index is 0.534. The summed E-state index contributed by atoms with van der Waals surface area (Å²) in [6.45, 7) is 7.11. The number of hydrogen-bond donors (Lipinski definition) is 1. The predicted octanol–water partition coefficient (Wildman–Crippen LogP) is 1.16. The lowest BCUT2D eigenvalue weighted by molar-refractivity contribution is 0.194. The molecule has 4 nitrogen and oxygen atoms in total. The van der Waals surface area contributed by atoms with Gasteiger partial charge in [-0.15, -0.1) is 0 Å². The van der Waals surface area contributed by atoms with Crippen LogP contribution in [0.5, 0.6) is 5.75 Å². The Kier molecular flexibility index (Phi) is 4.44. The molecule has 1 atom stereocenters. The van der Waals surface area contributed by atoms with E-state index in [1.165, 1.54) is 5.69 Å². The van der Waals surface area contributed by atoms with Crippen LogP contribution in [0.1, 0.15) is 6.92 Å². The third-order valence-electron chi connectivity index (χ3n) is 3.61. The van der Waals surface area contributed by atoms with Crippen molar-refractivity contribution in [2.75, 3.05) is 44.7 Å². The quantitative estimate of drug-likeness (QED) is 0.869. The van der Waals surface area contributed by atoms with E-state index in [-0.39, 0.29) is 0 Å². The fourth-order valence-corrected chi connectivity index (χ4v) is 2.60. The van der Waals surface area contributed by atoms with E-state index in [9.17, 15) is 0 Å². The molecule has 0 aliphatic carbocycles. The van der Waals surface area contributed by atoms with E-state index in [4.69, 9.17) is 10.5 Å². The Morgan fingerprint density at radius 1 is 1.33 bits per heavy atom. The number of nitrogens with two attached hydrogens (primary N) is 1. The molecule has 1 heterocycles. The number of anilines is 1. The second kappa shape index (κ2) is 6.07. The van der Waals surface area contributed by atoms with Gasteiger partial charge in [-0.3, -0.25) is 4.90 Å². The number of nitrogens with zero attached hydrogens (tertiary/aromatic N) is 2. The Hall–Kier alpha value is -1.26. The number of rotatable bonds is 4. The van der Waals surface area contributed by atoms with Gasteiger partial charge in [0.1, 0.15) is 5.75 Å². The summed E-state index contributed by atoms with van der Waals surface area (Å²) in [6, 6.07) is 8.76. The van der Waals surface area contributed by atoms with Crippen LogP contribution in [0.15, 0.2) is 24.3 Å². The zero-order valence-electron chi connectivity index (χ0n) is 11.3. The first-order valence-electron chi connectivity index (χ1n) is 6.58. The molecular weight excluding hydrogens is 226 g/mol. The first kappa shape index (κ1) is 13.2. The molecule has 2 rings (SSSR count). The summed E-state index contributed by atoms with van der Waals surface area (Å²) in [7, 11) is 1.73. The van der Waals surface area contributed by atoms with Crippen molar-refractivity contribution in [2.24, 2.45) is 5.73 Å². The summed E-state index contributed by atoms with van der Waals surface area (Å²) in [5, 5.41) is 0. The highest BCUT2D eigenvalue weighted by Gasteiger charge is 2.24. The Balaban J connectivity index is 2.07. The van der Waals surface area contributed by atoms with Crippen LogP contribution in [-0.4, -0.2) is 50.8 Å². The van der Waals surface area contributed by atoms with Crippen molar-refractivity contribution < 1.29 is 4.74 Å². The van der Waals surface area contributed by atoms with Crippen molar-refractivity contribution in [1.29, 1.82) is 0 Å². The van der Waals surface area contributed by atoms with Gasteiger partial charge >= 0.3 is 0 Å². The van der Waals surface area contributed by atoms with E-state index in [2.05, 4.69) is 28.9 Å². The molecule has 0 spiro atoms. The van der Waals surface area contributed by atoms with Gasteiger partial charge in [0.05, 0.1) is 12.8 Å². The summed E-state index contributed by atoms with van der Waals surface area (Å²) in [4.78, 5) is 4.85. The van der Waals surface area contributed by atoms with E-state index in [1.54, 1.807) is 7.11 Å². The normalized spacial score (nSPS) is 21.1. The first-order chi connectivity index (χ1) is 8.76. The molecule has 1 fully saturated rings. The Bertz CT molecular complexity index is 383. The fraction of sp³-hybridized carbons (Fsp3) is 0.571. The van der Waals surface area contributed by atoms with Gasteiger partial charge in [-0.05, 0) is 19.1 Å². The Morgan fingerprint density at radius 2 is 2.11 bits per heavy atom. The van der Waals surface area contributed by atoms with E-state index >= 15 is 0 Å². The molecule has 0 saturated carbocycles. The minimum Gasteiger partial charge on any atom is -0.495 e. The summed E-state index contributed by atoms with van der Waals surface area (Å²) < 4.78 is 5.43. The molecule has 0 aromatic heterocycles. The lowest BCUT2D eigenvalue weighted by Gasteiger charge is -2.41.